The fourth-order valence-electron chi connectivity index (χ4n) is 4.03. The molecule has 0 bridgehead atoms. The first kappa shape index (κ1) is 18.6. The van der Waals surface area contributed by atoms with Gasteiger partial charge in [-0.05, 0) is 38.8 Å². The van der Waals surface area contributed by atoms with Crippen molar-refractivity contribution in [3.05, 3.63) is 40.9 Å². The fourth-order valence-corrected chi connectivity index (χ4v) is 4.74. The van der Waals surface area contributed by atoms with Crippen LogP contribution in [0, 0.1) is 6.92 Å². The van der Waals surface area contributed by atoms with Gasteiger partial charge in [-0.1, -0.05) is 12.1 Å². The number of carbonyl (C=O) groups excluding carboxylic acids is 3. The van der Waals surface area contributed by atoms with Gasteiger partial charge in [0.2, 0.25) is 11.8 Å². The molecular weight excluding hydrogens is 376 g/mol. The van der Waals surface area contributed by atoms with E-state index in [4.69, 9.17) is 0 Å². The number of hydrogen-bond acceptors (Lipinski definition) is 5. The van der Waals surface area contributed by atoms with Crippen molar-refractivity contribution in [3.8, 4) is 0 Å². The number of carbonyl (C=O) groups is 3. The first-order chi connectivity index (χ1) is 13.4. The van der Waals surface area contributed by atoms with E-state index >= 15 is 0 Å². The number of anilines is 2. The normalized spacial score (nSPS) is 20.9. The highest BCUT2D eigenvalue weighted by molar-refractivity contribution is 7.13. The summed E-state index contributed by atoms with van der Waals surface area (Å²) in [5.74, 6) is -0.173. The van der Waals surface area contributed by atoms with Crippen molar-refractivity contribution in [2.75, 3.05) is 16.8 Å². The number of nitrogens with zero attached hydrogens (tertiary/aromatic N) is 3. The largest absolute Gasteiger partial charge is 0.315 e. The van der Waals surface area contributed by atoms with Gasteiger partial charge in [-0.25, -0.2) is 4.98 Å². The van der Waals surface area contributed by atoms with Crippen LogP contribution >= 0.6 is 11.3 Å². The molecule has 7 nitrogen and oxygen atoms in total. The van der Waals surface area contributed by atoms with Gasteiger partial charge in [0.15, 0.2) is 5.13 Å². The van der Waals surface area contributed by atoms with E-state index in [1.54, 1.807) is 15.9 Å². The fraction of sp³-hybridized carbons (Fsp3) is 0.400. The number of rotatable bonds is 5. The summed E-state index contributed by atoms with van der Waals surface area (Å²) in [6.45, 7) is 4.23. The summed E-state index contributed by atoms with van der Waals surface area (Å²) in [4.78, 5) is 45.6. The van der Waals surface area contributed by atoms with E-state index < -0.39 is 5.66 Å². The number of benzene rings is 1. The van der Waals surface area contributed by atoms with Crippen LogP contribution in [0.5, 0.6) is 0 Å². The molecule has 0 saturated carbocycles. The molecule has 0 spiro atoms. The minimum Gasteiger partial charge on any atom is -0.315 e. The molecule has 1 atom stereocenters. The Morgan fingerprint density at radius 2 is 2.11 bits per heavy atom. The molecule has 28 heavy (non-hydrogen) atoms. The number of aryl methyl sites for hydroxylation is 1. The Morgan fingerprint density at radius 3 is 2.86 bits per heavy atom. The van der Waals surface area contributed by atoms with Crippen LogP contribution in [0.4, 0.5) is 10.8 Å². The van der Waals surface area contributed by atoms with E-state index in [0.29, 0.717) is 42.2 Å². The van der Waals surface area contributed by atoms with Gasteiger partial charge in [0, 0.05) is 24.8 Å². The maximum atomic E-state index is 13.1. The molecular formula is C20H22N4O3S. The highest BCUT2D eigenvalue weighted by Gasteiger charge is 2.52. The van der Waals surface area contributed by atoms with Crippen LogP contribution in [0.15, 0.2) is 29.6 Å². The van der Waals surface area contributed by atoms with E-state index in [1.807, 2.05) is 37.4 Å². The van der Waals surface area contributed by atoms with Gasteiger partial charge < -0.3 is 10.2 Å². The summed E-state index contributed by atoms with van der Waals surface area (Å²) in [7, 11) is 0. The lowest BCUT2D eigenvalue weighted by Crippen LogP contribution is -2.62. The molecule has 0 radical (unpaired) electrons. The zero-order chi connectivity index (χ0) is 19.9. The second-order valence-electron chi connectivity index (χ2n) is 7.37. The minimum atomic E-state index is -0.675. The van der Waals surface area contributed by atoms with E-state index in [1.165, 1.54) is 11.3 Å². The maximum Gasteiger partial charge on any atom is 0.257 e. The van der Waals surface area contributed by atoms with Crippen LogP contribution in [-0.2, 0) is 9.59 Å². The molecule has 146 valence electrons. The minimum absolute atomic E-state index is 0.0318. The van der Waals surface area contributed by atoms with Crippen LogP contribution in [0.1, 0.15) is 48.7 Å². The number of para-hydroxylation sites is 1. The molecule has 1 N–H and O–H groups in total. The predicted octanol–water partition coefficient (Wildman–Crippen LogP) is 3.17. The molecule has 3 heterocycles. The molecule has 1 aromatic heterocycles. The smallest absolute Gasteiger partial charge is 0.257 e. The first-order valence-electron chi connectivity index (χ1n) is 9.36. The number of amides is 3. The van der Waals surface area contributed by atoms with Crippen molar-refractivity contribution in [2.45, 2.75) is 45.2 Å². The summed E-state index contributed by atoms with van der Waals surface area (Å²) < 4.78 is 0. The van der Waals surface area contributed by atoms with Crippen LogP contribution in [0.3, 0.4) is 0 Å². The Labute approximate surface area is 167 Å². The summed E-state index contributed by atoms with van der Waals surface area (Å²) >= 11 is 1.39. The molecule has 8 heteroatoms. The first-order valence-corrected chi connectivity index (χ1v) is 10.2. The maximum absolute atomic E-state index is 13.1. The quantitative estimate of drug-likeness (QED) is 0.839. The molecule has 1 fully saturated rings. The average molecular weight is 398 g/mol. The molecule has 4 rings (SSSR count). The standard InChI is InChI=1S/C20H22N4O3S/c1-13-12-28-19(21-13)22-16(25)8-5-11-23-18(27)14-6-3-4-7-15(14)24-17(26)9-10-20(23,24)2/h3-4,6-7,12H,5,8-11H2,1-2H3,(H,21,22,25). The third kappa shape index (κ3) is 3.07. The zero-order valence-electron chi connectivity index (χ0n) is 15.9. The Kier molecular flexibility index (Phi) is 4.66. The van der Waals surface area contributed by atoms with Crippen molar-refractivity contribution >= 4 is 39.9 Å². The zero-order valence-corrected chi connectivity index (χ0v) is 16.7. The van der Waals surface area contributed by atoms with Crippen molar-refractivity contribution in [2.24, 2.45) is 0 Å². The lowest BCUT2D eigenvalue weighted by Gasteiger charge is -2.48. The van der Waals surface area contributed by atoms with E-state index in [-0.39, 0.29) is 24.1 Å². The molecule has 1 saturated heterocycles. The number of aromatic nitrogens is 1. The Hall–Kier alpha value is -2.74. The van der Waals surface area contributed by atoms with Crippen molar-refractivity contribution in [1.82, 2.24) is 9.88 Å². The molecule has 3 amide bonds. The van der Waals surface area contributed by atoms with Gasteiger partial charge in [-0.3, -0.25) is 19.3 Å². The van der Waals surface area contributed by atoms with Crippen molar-refractivity contribution in [1.29, 1.82) is 0 Å². The predicted molar refractivity (Wildman–Crippen MR) is 107 cm³/mol. The topological polar surface area (TPSA) is 82.6 Å². The van der Waals surface area contributed by atoms with E-state index in [2.05, 4.69) is 10.3 Å². The van der Waals surface area contributed by atoms with Gasteiger partial charge in [0.25, 0.3) is 5.91 Å². The SMILES string of the molecule is Cc1csc(NC(=O)CCCN2C(=O)c3ccccc3N3C(=O)CCC23C)n1. The highest BCUT2D eigenvalue weighted by atomic mass is 32.1. The van der Waals surface area contributed by atoms with E-state index in [9.17, 15) is 14.4 Å². The van der Waals surface area contributed by atoms with Crippen LogP contribution < -0.4 is 10.2 Å². The van der Waals surface area contributed by atoms with Crippen LogP contribution in [0.25, 0.3) is 0 Å². The monoisotopic (exact) mass is 398 g/mol. The molecule has 1 aromatic carbocycles. The summed E-state index contributed by atoms with van der Waals surface area (Å²) in [5.41, 5.74) is 1.42. The number of thiazole rings is 1. The van der Waals surface area contributed by atoms with Gasteiger partial charge in [0.05, 0.1) is 16.9 Å². The summed E-state index contributed by atoms with van der Waals surface area (Å²) in [5, 5.41) is 5.26. The van der Waals surface area contributed by atoms with Gasteiger partial charge in [-0.15, -0.1) is 11.3 Å². The number of hydrogen-bond donors (Lipinski definition) is 1. The highest BCUT2D eigenvalue weighted by Crippen LogP contribution is 2.44. The van der Waals surface area contributed by atoms with Gasteiger partial charge >= 0.3 is 0 Å². The Balaban J connectivity index is 1.47. The lowest BCUT2D eigenvalue weighted by molar-refractivity contribution is -0.118. The molecule has 1 unspecified atom stereocenters. The lowest BCUT2D eigenvalue weighted by atomic mass is 9.98. The van der Waals surface area contributed by atoms with Crippen LogP contribution in [-0.4, -0.2) is 39.8 Å². The number of nitrogens with one attached hydrogen (secondary N) is 1. The van der Waals surface area contributed by atoms with Crippen molar-refractivity contribution in [3.63, 3.8) is 0 Å². The van der Waals surface area contributed by atoms with Gasteiger partial charge in [-0.2, -0.15) is 0 Å². The summed E-state index contributed by atoms with van der Waals surface area (Å²) in [6.07, 6.45) is 1.81. The second-order valence-corrected chi connectivity index (χ2v) is 8.22. The Morgan fingerprint density at radius 1 is 1.32 bits per heavy atom. The average Bonchev–Trinajstić information content (AvgIpc) is 3.21. The Bertz CT molecular complexity index is 956. The van der Waals surface area contributed by atoms with Crippen LogP contribution in [0.2, 0.25) is 0 Å². The van der Waals surface area contributed by atoms with E-state index in [0.717, 1.165) is 5.69 Å². The van der Waals surface area contributed by atoms with Gasteiger partial charge in [0.1, 0.15) is 5.66 Å². The third-order valence-corrected chi connectivity index (χ3v) is 6.27. The molecule has 2 aliphatic rings. The number of fused-ring (bicyclic) bond motifs is 3. The molecule has 2 aliphatic heterocycles. The third-order valence-electron chi connectivity index (χ3n) is 5.40. The summed E-state index contributed by atoms with van der Waals surface area (Å²) in [6, 6.07) is 7.24. The molecule has 0 aliphatic carbocycles. The second kappa shape index (κ2) is 7.01. The van der Waals surface area contributed by atoms with Crippen molar-refractivity contribution < 1.29 is 14.4 Å². The molecule has 2 aromatic rings.